The summed E-state index contributed by atoms with van der Waals surface area (Å²) in [4.78, 5) is 11.3. The zero-order chi connectivity index (χ0) is 12.7. The van der Waals surface area contributed by atoms with Crippen LogP contribution in [0.4, 0.5) is 0 Å². The van der Waals surface area contributed by atoms with Crippen LogP contribution in [-0.2, 0) is 18.4 Å². The van der Waals surface area contributed by atoms with E-state index in [1.54, 1.807) is 0 Å². The fourth-order valence-electron chi connectivity index (χ4n) is 1.60. The lowest BCUT2D eigenvalue weighted by atomic mass is 10.3. The first-order chi connectivity index (χ1) is 8.13. The largest absolute Gasteiger partial charge is 0.356 e. The Bertz CT molecular complexity index is 359. The molecule has 1 rings (SSSR count). The second-order valence-corrected chi connectivity index (χ2v) is 4.18. The van der Waals surface area contributed by atoms with E-state index in [1.807, 2.05) is 31.6 Å². The van der Waals surface area contributed by atoms with Crippen LogP contribution in [0, 0.1) is 6.92 Å². The molecular formula is C12H22N4O. The number of hydrogen-bond donors (Lipinski definition) is 2. The first-order valence-electron chi connectivity index (χ1n) is 6.10. The first-order valence-corrected chi connectivity index (χ1v) is 6.10. The van der Waals surface area contributed by atoms with Crippen molar-refractivity contribution in [1.29, 1.82) is 0 Å². The van der Waals surface area contributed by atoms with Gasteiger partial charge in [0, 0.05) is 33.1 Å². The number of carbonyl (C=O) groups excluding carboxylic acids is 1. The van der Waals surface area contributed by atoms with Crippen molar-refractivity contribution in [3.8, 4) is 0 Å². The molecule has 0 aliphatic heterocycles. The molecule has 5 nitrogen and oxygen atoms in total. The molecule has 1 amide bonds. The minimum Gasteiger partial charge on any atom is -0.356 e. The molecule has 0 spiro atoms. The van der Waals surface area contributed by atoms with Crippen LogP contribution >= 0.6 is 0 Å². The van der Waals surface area contributed by atoms with Gasteiger partial charge in [-0.25, -0.2) is 0 Å². The maximum absolute atomic E-state index is 11.3. The Hall–Kier alpha value is -1.36. The highest BCUT2D eigenvalue weighted by molar-refractivity contribution is 5.75. The van der Waals surface area contributed by atoms with Crippen LogP contribution in [0.5, 0.6) is 0 Å². The van der Waals surface area contributed by atoms with Crippen molar-refractivity contribution in [2.24, 2.45) is 7.05 Å². The molecule has 0 aliphatic rings. The Morgan fingerprint density at radius 3 is 2.82 bits per heavy atom. The average molecular weight is 238 g/mol. The molecule has 2 N–H and O–H groups in total. The quantitative estimate of drug-likeness (QED) is 0.689. The smallest absolute Gasteiger partial charge is 0.221 e. The van der Waals surface area contributed by atoms with Crippen molar-refractivity contribution in [2.75, 3.05) is 13.1 Å². The molecule has 0 fully saturated rings. The monoisotopic (exact) mass is 238 g/mol. The van der Waals surface area contributed by atoms with Gasteiger partial charge in [0.15, 0.2) is 0 Å². The standard InChI is InChI=1S/C12H22N4O/c1-4-6-14-12(17)5-7-13-9-11-8-10(2)15-16(11)3/h8,13H,4-7,9H2,1-3H3,(H,14,17). The van der Waals surface area contributed by atoms with Gasteiger partial charge in [-0.05, 0) is 19.4 Å². The summed E-state index contributed by atoms with van der Waals surface area (Å²) in [6.07, 6.45) is 1.50. The molecule has 1 aromatic heterocycles. The third-order valence-corrected chi connectivity index (χ3v) is 2.51. The number of amides is 1. The van der Waals surface area contributed by atoms with Gasteiger partial charge in [0.1, 0.15) is 0 Å². The van der Waals surface area contributed by atoms with Crippen molar-refractivity contribution in [1.82, 2.24) is 20.4 Å². The fourth-order valence-corrected chi connectivity index (χ4v) is 1.60. The van der Waals surface area contributed by atoms with Gasteiger partial charge in [0.2, 0.25) is 5.91 Å². The van der Waals surface area contributed by atoms with Crippen LogP contribution in [0.25, 0.3) is 0 Å². The maximum atomic E-state index is 11.3. The number of aromatic nitrogens is 2. The maximum Gasteiger partial charge on any atom is 0.221 e. The van der Waals surface area contributed by atoms with E-state index in [0.29, 0.717) is 13.0 Å². The molecule has 0 saturated carbocycles. The lowest BCUT2D eigenvalue weighted by molar-refractivity contribution is -0.120. The van der Waals surface area contributed by atoms with Crippen molar-refractivity contribution >= 4 is 5.91 Å². The summed E-state index contributed by atoms with van der Waals surface area (Å²) in [5.41, 5.74) is 2.15. The average Bonchev–Trinajstić information content (AvgIpc) is 2.60. The van der Waals surface area contributed by atoms with Crippen molar-refractivity contribution in [3.05, 3.63) is 17.5 Å². The van der Waals surface area contributed by atoms with Gasteiger partial charge in [-0.1, -0.05) is 6.92 Å². The van der Waals surface area contributed by atoms with Gasteiger partial charge in [-0.15, -0.1) is 0 Å². The van der Waals surface area contributed by atoms with Crippen LogP contribution in [0.2, 0.25) is 0 Å². The Morgan fingerprint density at radius 1 is 1.47 bits per heavy atom. The third-order valence-electron chi connectivity index (χ3n) is 2.51. The van der Waals surface area contributed by atoms with Crippen molar-refractivity contribution in [3.63, 3.8) is 0 Å². The third kappa shape index (κ3) is 4.99. The summed E-state index contributed by atoms with van der Waals surface area (Å²) in [6.45, 7) is 6.23. The number of aryl methyl sites for hydroxylation is 2. The van der Waals surface area contributed by atoms with Gasteiger partial charge < -0.3 is 10.6 Å². The van der Waals surface area contributed by atoms with E-state index in [4.69, 9.17) is 0 Å². The lowest BCUT2D eigenvalue weighted by Crippen LogP contribution is -2.28. The van der Waals surface area contributed by atoms with Crippen LogP contribution in [0.3, 0.4) is 0 Å². The lowest BCUT2D eigenvalue weighted by Gasteiger charge is -2.05. The first kappa shape index (κ1) is 13.7. The highest BCUT2D eigenvalue weighted by Gasteiger charge is 2.02. The summed E-state index contributed by atoms with van der Waals surface area (Å²) in [5.74, 6) is 0.112. The molecule has 1 heterocycles. The number of hydrogen-bond acceptors (Lipinski definition) is 3. The number of nitrogens with zero attached hydrogens (tertiary/aromatic N) is 2. The highest BCUT2D eigenvalue weighted by Crippen LogP contribution is 2.00. The van der Waals surface area contributed by atoms with E-state index >= 15 is 0 Å². The SMILES string of the molecule is CCCNC(=O)CCNCc1cc(C)nn1C. The molecule has 0 aromatic carbocycles. The van der Waals surface area contributed by atoms with E-state index in [-0.39, 0.29) is 5.91 Å². The molecule has 0 atom stereocenters. The fraction of sp³-hybridized carbons (Fsp3) is 0.667. The molecule has 17 heavy (non-hydrogen) atoms. The highest BCUT2D eigenvalue weighted by atomic mass is 16.1. The summed E-state index contributed by atoms with van der Waals surface area (Å²) >= 11 is 0. The Balaban J connectivity index is 2.16. The molecule has 0 saturated heterocycles. The zero-order valence-electron chi connectivity index (χ0n) is 10.9. The van der Waals surface area contributed by atoms with Gasteiger partial charge in [0.05, 0.1) is 11.4 Å². The summed E-state index contributed by atoms with van der Waals surface area (Å²) in [5, 5.41) is 10.4. The van der Waals surface area contributed by atoms with Gasteiger partial charge >= 0.3 is 0 Å². The van der Waals surface area contributed by atoms with Gasteiger partial charge in [-0.3, -0.25) is 9.48 Å². The molecule has 0 unspecified atom stereocenters. The van der Waals surface area contributed by atoms with E-state index in [0.717, 1.165) is 30.9 Å². The van der Waals surface area contributed by atoms with Crippen LogP contribution in [-0.4, -0.2) is 28.8 Å². The van der Waals surface area contributed by atoms with E-state index in [2.05, 4.69) is 15.7 Å². The minimum absolute atomic E-state index is 0.112. The Labute approximate surface area is 103 Å². The summed E-state index contributed by atoms with van der Waals surface area (Å²) in [7, 11) is 1.93. The normalized spacial score (nSPS) is 10.5. The molecule has 1 aromatic rings. The van der Waals surface area contributed by atoms with Crippen LogP contribution in [0.1, 0.15) is 31.2 Å². The molecule has 0 aliphatic carbocycles. The van der Waals surface area contributed by atoms with E-state index < -0.39 is 0 Å². The van der Waals surface area contributed by atoms with Crippen molar-refractivity contribution < 1.29 is 4.79 Å². The van der Waals surface area contributed by atoms with Crippen molar-refractivity contribution in [2.45, 2.75) is 33.2 Å². The van der Waals surface area contributed by atoms with Crippen LogP contribution in [0.15, 0.2) is 6.07 Å². The Morgan fingerprint density at radius 2 is 2.24 bits per heavy atom. The van der Waals surface area contributed by atoms with Crippen LogP contribution < -0.4 is 10.6 Å². The molecule has 0 bridgehead atoms. The number of carbonyl (C=O) groups is 1. The van der Waals surface area contributed by atoms with E-state index in [1.165, 1.54) is 0 Å². The summed E-state index contributed by atoms with van der Waals surface area (Å²) < 4.78 is 1.86. The Kier molecular flexibility index (Phi) is 5.69. The molecule has 0 radical (unpaired) electrons. The van der Waals surface area contributed by atoms with Gasteiger partial charge in [-0.2, -0.15) is 5.10 Å². The molecule has 96 valence electrons. The predicted octanol–water partition coefficient (Wildman–Crippen LogP) is 0.734. The second kappa shape index (κ2) is 7.06. The molecular weight excluding hydrogens is 216 g/mol. The number of rotatable bonds is 7. The van der Waals surface area contributed by atoms with E-state index in [9.17, 15) is 4.79 Å². The minimum atomic E-state index is 0.112. The summed E-state index contributed by atoms with van der Waals surface area (Å²) in [6, 6.07) is 2.05. The van der Waals surface area contributed by atoms with Gasteiger partial charge in [0.25, 0.3) is 0 Å². The number of nitrogens with one attached hydrogen (secondary N) is 2. The predicted molar refractivity (Wildman–Crippen MR) is 67.6 cm³/mol. The molecule has 5 heteroatoms. The second-order valence-electron chi connectivity index (χ2n) is 4.18. The zero-order valence-corrected chi connectivity index (χ0v) is 10.9. The topological polar surface area (TPSA) is 59.0 Å².